The number of aliphatic hydroxyl groups is 1. The predicted octanol–water partition coefficient (Wildman–Crippen LogP) is 3.95. The van der Waals surface area contributed by atoms with E-state index in [-0.39, 0.29) is 18.1 Å². The third-order valence-corrected chi connectivity index (χ3v) is 3.84. The molecule has 2 rings (SSSR count). The molecule has 0 heterocycles. The van der Waals surface area contributed by atoms with Crippen molar-refractivity contribution in [2.45, 2.75) is 26.9 Å². The van der Waals surface area contributed by atoms with Gasteiger partial charge in [-0.2, -0.15) is 0 Å². The molecule has 134 valence electrons. The van der Waals surface area contributed by atoms with Gasteiger partial charge in [0, 0.05) is 23.7 Å². The van der Waals surface area contributed by atoms with Crippen LogP contribution in [0.25, 0.3) is 0 Å². The van der Waals surface area contributed by atoms with E-state index < -0.39 is 17.3 Å². The summed E-state index contributed by atoms with van der Waals surface area (Å²) >= 11 is 0. The van der Waals surface area contributed by atoms with Crippen molar-refractivity contribution in [3.63, 3.8) is 0 Å². The zero-order valence-corrected chi connectivity index (χ0v) is 15.0. The molecule has 4 nitrogen and oxygen atoms in total. The molecule has 1 amide bonds. The van der Waals surface area contributed by atoms with Crippen molar-refractivity contribution in [1.82, 2.24) is 0 Å². The molecule has 2 aromatic rings. The van der Waals surface area contributed by atoms with E-state index in [0.29, 0.717) is 5.75 Å². The van der Waals surface area contributed by atoms with Crippen LogP contribution < -0.4 is 9.64 Å². The minimum Gasteiger partial charge on any atom is -0.491 e. The summed E-state index contributed by atoms with van der Waals surface area (Å²) in [4.78, 5) is 13.9. The van der Waals surface area contributed by atoms with Gasteiger partial charge in [0.2, 0.25) is 5.91 Å². The highest BCUT2D eigenvalue weighted by atomic mass is 19.1. The molecule has 0 radical (unpaired) electrons. The number of rotatable bonds is 5. The van der Waals surface area contributed by atoms with Crippen LogP contribution in [-0.2, 0) is 4.79 Å². The molecule has 1 unspecified atom stereocenters. The molecule has 0 saturated heterocycles. The number of amides is 1. The first-order valence-corrected chi connectivity index (χ1v) is 8.13. The number of anilines is 1. The number of aliphatic hydroxyl groups excluding tert-OH is 1. The van der Waals surface area contributed by atoms with Crippen LogP contribution in [0.5, 0.6) is 5.75 Å². The van der Waals surface area contributed by atoms with Gasteiger partial charge in [0.25, 0.3) is 0 Å². The van der Waals surface area contributed by atoms with E-state index in [2.05, 4.69) is 0 Å². The summed E-state index contributed by atoms with van der Waals surface area (Å²) in [5.41, 5.74) is 0.491. The zero-order chi connectivity index (χ0) is 18.6. The maximum atomic E-state index is 13.6. The zero-order valence-electron chi connectivity index (χ0n) is 15.0. The number of ether oxygens (including phenoxy) is 1. The molecule has 0 aromatic heterocycles. The fourth-order valence-corrected chi connectivity index (χ4v) is 2.40. The number of carbonyl (C=O) groups is 1. The fourth-order valence-electron chi connectivity index (χ4n) is 2.40. The number of nitrogens with zero attached hydrogens (tertiary/aromatic N) is 1. The van der Waals surface area contributed by atoms with E-state index in [1.807, 2.05) is 20.8 Å². The maximum Gasteiger partial charge on any atom is 0.232 e. The monoisotopic (exact) mass is 345 g/mol. The van der Waals surface area contributed by atoms with E-state index in [9.17, 15) is 14.3 Å². The summed E-state index contributed by atoms with van der Waals surface area (Å²) in [6, 6.07) is 13.0. The standard InChI is InChI=1S/C20H24FNO3/c1-20(2,3)19(24)22(4)14-9-11-15(12-10-14)25-13-18(23)16-7-5-6-8-17(16)21/h5-12,18,23H,13H2,1-4H3. The molecule has 25 heavy (non-hydrogen) atoms. The molecular weight excluding hydrogens is 321 g/mol. The lowest BCUT2D eigenvalue weighted by atomic mass is 9.95. The minimum absolute atomic E-state index is 0.0103. The molecule has 0 spiro atoms. The summed E-state index contributed by atoms with van der Waals surface area (Å²) in [7, 11) is 1.73. The Balaban J connectivity index is 1.99. The Morgan fingerprint density at radius 1 is 1.16 bits per heavy atom. The summed E-state index contributed by atoms with van der Waals surface area (Å²) in [5, 5.41) is 10.0. The van der Waals surface area contributed by atoms with Crippen molar-refractivity contribution in [2.75, 3.05) is 18.6 Å². The highest BCUT2D eigenvalue weighted by Gasteiger charge is 2.25. The van der Waals surface area contributed by atoms with Crippen LogP contribution in [0.2, 0.25) is 0 Å². The largest absolute Gasteiger partial charge is 0.491 e. The van der Waals surface area contributed by atoms with Gasteiger partial charge in [0.1, 0.15) is 24.3 Å². The first-order valence-electron chi connectivity index (χ1n) is 8.13. The van der Waals surface area contributed by atoms with Crippen molar-refractivity contribution in [1.29, 1.82) is 0 Å². The number of halogens is 1. The van der Waals surface area contributed by atoms with Gasteiger partial charge in [-0.25, -0.2) is 4.39 Å². The second kappa shape index (κ2) is 7.66. The van der Waals surface area contributed by atoms with E-state index in [4.69, 9.17) is 4.74 Å². The second-order valence-corrected chi connectivity index (χ2v) is 6.96. The number of carbonyl (C=O) groups excluding carboxylic acids is 1. The Morgan fingerprint density at radius 3 is 2.32 bits per heavy atom. The molecule has 1 atom stereocenters. The molecule has 0 saturated carbocycles. The summed E-state index contributed by atoms with van der Waals surface area (Å²) in [5.74, 6) is 0.0863. The van der Waals surface area contributed by atoms with Gasteiger partial charge in [0.15, 0.2) is 0 Å². The lowest BCUT2D eigenvalue weighted by molar-refractivity contribution is -0.125. The highest BCUT2D eigenvalue weighted by molar-refractivity contribution is 5.96. The van der Waals surface area contributed by atoms with E-state index in [0.717, 1.165) is 5.69 Å². The third kappa shape index (κ3) is 4.79. The van der Waals surface area contributed by atoms with Crippen molar-refractivity contribution in [3.8, 4) is 5.75 Å². The Hall–Kier alpha value is -2.40. The first kappa shape index (κ1) is 18.9. The quantitative estimate of drug-likeness (QED) is 0.893. The van der Waals surface area contributed by atoms with Crippen molar-refractivity contribution in [2.24, 2.45) is 5.41 Å². The van der Waals surface area contributed by atoms with Crippen LogP contribution in [0.3, 0.4) is 0 Å². The molecule has 0 bridgehead atoms. The smallest absolute Gasteiger partial charge is 0.232 e. The van der Waals surface area contributed by atoms with Crippen LogP contribution in [-0.4, -0.2) is 24.7 Å². The average molecular weight is 345 g/mol. The first-order chi connectivity index (χ1) is 11.7. The van der Waals surface area contributed by atoms with Gasteiger partial charge in [-0.05, 0) is 30.3 Å². The third-order valence-electron chi connectivity index (χ3n) is 3.84. The van der Waals surface area contributed by atoms with Gasteiger partial charge in [-0.1, -0.05) is 39.0 Å². The van der Waals surface area contributed by atoms with Gasteiger partial charge in [-0.3, -0.25) is 4.79 Å². The van der Waals surface area contributed by atoms with Crippen molar-refractivity contribution < 1.29 is 19.0 Å². The molecule has 0 fully saturated rings. The van der Waals surface area contributed by atoms with Gasteiger partial charge in [-0.15, -0.1) is 0 Å². The minimum atomic E-state index is -1.05. The number of hydrogen-bond donors (Lipinski definition) is 1. The Bertz CT molecular complexity index is 722. The van der Waals surface area contributed by atoms with E-state index in [1.165, 1.54) is 12.1 Å². The van der Waals surface area contributed by atoms with Crippen molar-refractivity contribution >= 4 is 11.6 Å². The van der Waals surface area contributed by atoms with Crippen LogP contribution in [0, 0.1) is 11.2 Å². The second-order valence-electron chi connectivity index (χ2n) is 6.96. The molecule has 0 aliphatic heterocycles. The van der Waals surface area contributed by atoms with Gasteiger partial charge in [0.05, 0.1) is 0 Å². The van der Waals surface area contributed by atoms with Crippen LogP contribution in [0.15, 0.2) is 48.5 Å². The van der Waals surface area contributed by atoms with E-state index in [1.54, 1.807) is 48.3 Å². The molecular formula is C20H24FNO3. The number of benzene rings is 2. The highest BCUT2D eigenvalue weighted by Crippen LogP contribution is 2.25. The lowest BCUT2D eigenvalue weighted by Crippen LogP contribution is -2.36. The summed E-state index contributed by atoms with van der Waals surface area (Å²) in [6.45, 7) is 5.55. The average Bonchev–Trinajstić information content (AvgIpc) is 2.58. The summed E-state index contributed by atoms with van der Waals surface area (Å²) in [6.07, 6.45) is -1.05. The van der Waals surface area contributed by atoms with E-state index >= 15 is 0 Å². The topological polar surface area (TPSA) is 49.8 Å². The lowest BCUT2D eigenvalue weighted by Gasteiger charge is -2.26. The normalized spacial score (nSPS) is 12.6. The Labute approximate surface area is 147 Å². The fraction of sp³-hybridized carbons (Fsp3) is 0.350. The number of hydrogen-bond acceptors (Lipinski definition) is 3. The van der Waals surface area contributed by atoms with Crippen LogP contribution >= 0.6 is 0 Å². The maximum absolute atomic E-state index is 13.6. The van der Waals surface area contributed by atoms with Crippen molar-refractivity contribution in [3.05, 3.63) is 59.9 Å². The molecule has 5 heteroatoms. The predicted molar refractivity (Wildman–Crippen MR) is 96.2 cm³/mol. The Kier molecular flexibility index (Phi) is 5.80. The Morgan fingerprint density at radius 2 is 1.76 bits per heavy atom. The SMILES string of the molecule is CN(C(=O)C(C)(C)C)c1ccc(OCC(O)c2ccccc2F)cc1. The van der Waals surface area contributed by atoms with Gasteiger partial charge >= 0.3 is 0 Å². The summed E-state index contributed by atoms with van der Waals surface area (Å²) < 4.78 is 19.1. The van der Waals surface area contributed by atoms with Gasteiger partial charge < -0.3 is 14.7 Å². The molecule has 0 aliphatic rings. The van der Waals surface area contributed by atoms with Crippen LogP contribution in [0.4, 0.5) is 10.1 Å². The molecule has 2 aromatic carbocycles. The molecule has 1 N–H and O–H groups in total. The molecule has 0 aliphatic carbocycles. The van der Waals surface area contributed by atoms with Crippen LogP contribution in [0.1, 0.15) is 32.4 Å².